The highest BCUT2D eigenvalue weighted by Crippen LogP contribution is 2.18. The molecule has 3 rings (SSSR count). The maximum absolute atomic E-state index is 12.0. The van der Waals surface area contributed by atoms with Crippen LogP contribution in [0.2, 0.25) is 0 Å². The summed E-state index contributed by atoms with van der Waals surface area (Å²) in [6.45, 7) is 4.74. The zero-order chi connectivity index (χ0) is 18.4. The van der Waals surface area contributed by atoms with Gasteiger partial charge in [-0.05, 0) is 59.7 Å². The van der Waals surface area contributed by atoms with Crippen molar-refractivity contribution in [2.75, 3.05) is 18.5 Å². The molecule has 26 heavy (non-hydrogen) atoms. The molecule has 8 heteroatoms. The van der Waals surface area contributed by atoms with Crippen LogP contribution < -0.4 is 15.4 Å². The number of hydrogen-bond acceptors (Lipinski definition) is 5. The molecule has 2 amide bonds. The highest BCUT2D eigenvalue weighted by atomic mass is 16.5. The lowest BCUT2D eigenvalue weighted by Gasteiger charge is -2.11. The molecule has 0 radical (unpaired) electrons. The van der Waals surface area contributed by atoms with Crippen molar-refractivity contribution in [1.29, 1.82) is 0 Å². The third-order valence-electron chi connectivity index (χ3n) is 3.71. The van der Waals surface area contributed by atoms with Crippen molar-refractivity contribution in [3.8, 4) is 11.4 Å². The van der Waals surface area contributed by atoms with Crippen molar-refractivity contribution >= 4 is 11.7 Å². The average Bonchev–Trinajstić information content (AvgIpc) is 3.15. The van der Waals surface area contributed by atoms with E-state index in [1.165, 1.54) is 6.33 Å². The zero-order valence-electron chi connectivity index (χ0n) is 14.6. The van der Waals surface area contributed by atoms with Crippen molar-refractivity contribution in [3.63, 3.8) is 0 Å². The summed E-state index contributed by atoms with van der Waals surface area (Å²) in [6.07, 6.45) is 1.51. The first kappa shape index (κ1) is 17.4. The summed E-state index contributed by atoms with van der Waals surface area (Å²) in [5.74, 6) is 0.789. The second kappa shape index (κ2) is 8.11. The number of aryl methyl sites for hydroxylation is 2. The van der Waals surface area contributed by atoms with Gasteiger partial charge in [0.2, 0.25) is 0 Å². The van der Waals surface area contributed by atoms with E-state index in [-0.39, 0.29) is 6.03 Å². The quantitative estimate of drug-likeness (QED) is 0.665. The van der Waals surface area contributed by atoms with E-state index in [0.29, 0.717) is 18.8 Å². The predicted octanol–water partition coefficient (Wildman–Crippen LogP) is 2.48. The summed E-state index contributed by atoms with van der Waals surface area (Å²) < 4.78 is 7.15. The SMILES string of the molecule is Cc1cccc(OCCNC(=O)Nc2ccc(C)c(-n3cnnn3)c2)c1. The number of ether oxygens (including phenoxy) is 1. The first-order chi connectivity index (χ1) is 12.6. The Morgan fingerprint density at radius 3 is 2.85 bits per heavy atom. The number of nitrogens with one attached hydrogen (secondary N) is 2. The van der Waals surface area contributed by atoms with Gasteiger partial charge in [-0.15, -0.1) is 5.10 Å². The van der Waals surface area contributed by atoms with Gasteiger partial charge < -0.3 is 15.4 Å². The number of hydrogen-bond donors (Lipinski definition) is 2. The van der Waals surface area contributed by atoms with Crippen LogP contribution >= 0.6 is 0 Å². The van der Waals surface area contributed by atoms with Gasteiger partial charge in [0.25, 0.3) is 0 Å². The minimum absolute atomic E-state index is 0.302. The van der Waals surface area contributed by atoms with Crippen LogP contribution in [0.1, 0.15) is 11.1 Å². The molecular weight excluding hydrogens is 332 g/mol. The molecule has 0 aliphatic heterocycles. The third-order valence-corrected chi connectivity index (χ3v) is 3.71. The molecule has 0 bridgehead atoms. The Labute approximate surface area is 151 Å². The number of urea groups is 1. The monoisotopic (exact) mass is 352 g/mol. The number of benzene rings is 2. The number of rotatable bonds is 6. The second-order valence-corrected chi connectivity index (χ2v) is 5.80. The van der Waals surface area contributed by atoms with Gasteiger partial charge in [-0.3, -0.25) is 0 Å². The molecule has 8 nitrogen and oxygen atoms in total. The van der Waals surface area contributed by atoms with Gasteiger partial charge >= 0.3 is 6.03 Å². The van der Waals surface area contributed by atoms with Crippen molar-refractivity contribution in [1.82, 2.24) is 25.5 Å². The van der Waals surface area contributed by atoms with Gasteiger partial charge in [-0.25, -0.2) is 9.48 Å². The van der Waals surface area contributed by atoms with Crippen LogP contribution in [0.15, 0.2) is 48.8 Å². The van der Waals surface area contributed by atoms with E-state index in [2.05, 4.69) is 26.2 Å². The standard InChI is InChI=1S/C18H20N6O2/c1-13-4-3-5-16(10-13)26-9-8-19-18(25)21-15-7-6-14(2)17(11-15)24-12-20-22-23-24/h3-7,10-12H,8-9H2,1-2H3,(H2,19,21,25). The molecule has 0 saturated carbocycles. The number of carbonyl (C=O) groups is 1. The van der Waals surface area contributed by atoms with Crippen LogP contribution in [-0.4, -0.2) is 39.4 Å². The lowest BCUT2D eigenvalue weighted by atomic mass is 10.2. The first-order valence-corrected chi connectivity index (χ1v) is 8.20. The zero-order valence-corrected chi connectivity index (χ0v) is 14.6. The van der Waals surface area contributed by atoms with E-state index in [1.54, 1.807) is 4.68 Å². The third kappa shape index (κ3) is 4.56. The van der Waals surface area contributed by atoms with Gasteiger partial charge in [0.15, 0.2) is 0 Å². The maximum atomic E-state index is 12.0. The van der Waals surface area contributed by atoms with Crippen LogP contribution in [0.25, 0.3) is 5.69 Å². The first-order valence-electron chi connectivity index (χ1n) is 8.20. The average molecular weight is 352 g/mol. The van der Waals surface area contributed by atoms with Gasteiger partial charge in [-0.2, -0.15) is 0 Å². The van der Waals surface area contributed by atoms with Crippen molar-refractivity contribution in [2.45, 2.75) is 13.8 Å². The van der Waals surface area contributed by atoms with E-state index in [9.17, 15) is 4.79 Å². The lowest BCUT2D eigenvalue weighted by Crippen LogP contribution is -2.32. The van der Waals surface area contributed by atoms with Gasteiger partial charge in [0, 0.05) is 5.69 Å². The van der Waals surface area contributed by atoms with Gasteiger partial charge in [-0.1, -0.05) is 18.2 Å². The molecule has 2 aromatic carbocycles. The minimum Gasteiger partial charge on any atom is -0.492 e. The van der Waals surface area contributed by atoms with E-state index in [1.807, 2.05) is 56.3 Å². The van der Waals surface area contributed by atoms with E-state index >= 15 is 0 Å². The Bertz CT molecular complexity index is 879. The second-order valence-electron chi connectivity index (χ2n) is 5.80. The Balaban J connectivity index is 1.50. The Morgan fingerprint density at radius 2 is 2.08 bits per heavy atom. The molecule has 1 heterocycles. The number of nitrogens with zero attached hydrogens (tertiary/aromatic N) is 4. The molecule has 1 aromatic heterocycles. The van der Waals surface area contributed by atoms with Gasteiger partial charge in [0.1, 0.15) is 18.7 Å². The smallest absolute Gasteiger partial charge is 0.319 e. The fraction of sp³-hybridized carbons (Fsp3) is 0.222. The summed E-state index contributed by atoms with van der Waals surface area (Å²) in [4.78, 5) is 12.0. The van der Waals surface area contributed by atoms with Crippen LogP contribution in [0.4, 0.5) is 10.5 Å². The molecule has 0 fully saturated rings. The van der Waals surface area contributed by atoms with Crippen LogP contribution in [0.3, 0.4) is 0 Å². The molecule has 0 unspecified atom stereocenters. The normalized spacial score (nSPS) is 10.4. The summed E-state index contributed by atoms with van der Waals surface area (Å²) in [5.41, 5.74) is 3.58. The number of anilines is 1. The Morgan fingerprint density at radius 1 is 1.19 bits per heavy atom. The molecule has 2 N–H and O–H groups in total. The molecular formula is C18H20N6O2. The number of amides is 2. The van der Waals surface area contributed by atoms with Gasteiger partial charge in [0.05, 0.1) is 12.2 Å². The van der Waals surface area contributed by atoms with E-state index in [4.69, 9.17) is 4.74 Å². The summed E-state index contributed by atoms with van der Waals surface area (Å²) >= 11 is 0. The molecule has 3 aromatic rings. The summed E-state index contributed by atoms with van der Waals surface area (Å²) in [7, 11) is 0. The fourth-order valence-corrected chi connectivity index (χ4v) is 2.42. The minimum atomic E-state index is -0.302. The molecule has 0 aliphatic rings. The van der Waals surface area contributed by atoms with Crippen molar-refractivity contribution in [3.05, 3.63) is 59.9 Å². The van der Waals surface area contributed by atoms with E-state index < -0.39 is 0 Å². The number of aromatic nitrogens is 4. The van der Waals surface area contributed by atoms with Crippen LogP contribution in [0, 0.1) is 13.8 Å². The molecule has 0 atom stereocenters. The molecule has 0 saturated heterocycles. The highest BCUT2D eigenvalue weighted by Gasteiger charge is 2.07. The molecule has 0 aliphatic carbocycles. The van der Waals surface area contributed by atoms with Crippen LogP contribution in [0.5, 0.6) is 5.75 Å². The molecule has 134 valence electrons. The fourth-order valence-electron chi connectivity index (χ4n) is 2.42. The lowest BCUT2D eigenvalue weighted by molar-refractivity contribution is 0.247. The van der Waals surface area contributed by atoms with E-state index in [0.717, 1.165) is 22.6 Å². The molecule has 0 spiro atoms. The Hall–Kier alpha value is -3.42. The van der Waals surface area contributed by atoms with Crippen molar-refractivity contribution < 1.29 is 9.53 Å². The topological polar surface area (TPSA) is 94.0 Å². The number of carbonyl (C=O) groups excluding carboxylic acids is 1. The maximum Gasteiger partial charge on any atom is 0.319 e. The Kier molecular flexibility index (Phi) is 5.43. The number of tetrazole rings is 1. The highest BCUT2D eigenvalue weighted by molar-refractivity contribution is 5.89. The summed E-state index contributed by atoms with van der Waals surface area (Å²) in [6, 6.07) is 13.0. The summed E-state index contributed by atoms with van der Waals surface area (Å²) in [5, 5.41) is 16.7. The van der Waals surface area contributed by atoms with Crippen molar-refractivity contribution in [2.24, 2.45) is 0 Å². The largest absolute Gasteiger partial charge is 0.492 e. The predicted molar refractivity (Wildman–Crippen MR) is 97.6 cm³/mol. The van der Waals surface area contributed by atoms with Crippen LogP contribution in [-0.2, 0) is 0 Å².